The third-order valence-electron chi connectivity index (χ3n) is 2.92. The maximum Gasteiger partial charge on any atom is 0.0444 e. The highest BCUT2D eigenvalue weighted by molar-refractivity contribution is 5.56. The first-order chi connectivity index (χ1) is 8.69. The Kier molecular flexibility index (Phi) is 3.82. The van der Waals surface area contributed by atoms with Crippen molar-refractivity contribution in [1.29, 1.82) is 0 Å². The summed E-state index contributed by atoms with van der Waals surface area (Å²) in [6, 6.07) is 10.2. The Morgan fingerprint density at radius 2 is 2.06 bits per heavy atom. The van der Waals surface area contributed by atoms with Gasteiger partial charge in [0.2, 0.25) is 0 Å². The zero-order chi connectivity index (χ0) is 13.0. The molecule has 0 fully saturated rings. The van der Waals surface area contributed by atoms with Crippen LogP contribution in [-0.2, 0) is 6.54 Å². The Bertz CT molecular complexity index is 523. The number of aromatic nitrogens is 1. The Balaban J connectivity index is 2.19. The van der Waals surface area contributed by atoms with Crippen LogP contribution in [0.5, 0.6) is 0 Å². The smallest absolute Gasteiger partial charge is 0.0444 e. The second kappa shape index (κ2) is 5.54. The van der Waals surface area contributed by atoms with Gasteiger partial charge in [-0.15, -0.1) is 0 Å². The molecule has 0 aliphatic rings. The molecule has 3 nitrogen and oxygen atoms in total. The van der Waals surface area contributed by atoms with E-state index in [0.717, 1.165) is 24.5 Å². The molecule has 0 spiro atoms. The number of nitrogens with two attached hydrogens (primary N) is 1. The van der Waals surface area contributed by atoms with Gasteiger partial charge in [-0.1, -0.05) is 12.1 Å². The fraction of sp³-hybridized carbons (Fsp3) is 0.267. The van der Waals surface area contributed by atoms with Crippen LogP contribution >= 0.6 is 0 Å². The molecule has 94 valence electrons. The highest BCUT2D eigenvalue weighted by Gasteiger charge is 2.06. The molecule has 0 aliphatic heterocycles. The van der Waals surface area contributed by atoms with Gasteiger partial charge in [0.05, 0.1) is 0 Å². The van der Waals surface area contributed by atoms with Crippen LogP contribution in [0, 0.1) is 6.92 Å². The van der Waals surface area contributed by atoms with Gasteiger partial charge in [0.15, 0.2) is 0 Å². The van der Waals surface area contributed by atoms with Crippen molar-refractivity contribution in [1.82, 2.24) is 4.98 Å². The van der Waals surface area contributed by atoms with E-state index < -0.39 is 0 Å². The molecule has 0 amide bonds. The van der Waals surface area contributed by atoms with Crippen LogP contribution < -0.4 is 10.6 Å². The van der Waals surface area contributed by atoms with E-state index in [1.165, 1.54) is 11.1 Å². The molecule has 0 unspecified atom stereocenters. The van der Waals surface area contributed by atoms with E-state index in [9.17, 15) is 0 Å². The van der Waals surface area contributed by atoms with E-state index in [2.05, 4.69) is 35.9 Å². The Morgan fingerprint density at radius 3 is 2.72 bits per heavy atom. The number of benzene rings is 1. The summed E-state index contributed by atoms with van der Waals surface area (Å²) in [6.45, 7) is 6.01. The molecular formula is C15H19N3. The summed E-state index contributed by atoms with van der Waals surface area (Å²) in [5, 5.41) is 0. The predicted molar refractivity (Wildman–Crippen MR) is 76.6 cm³/mol. The second-order valence-corrected chi connectivity index (χ2v) is 4.48. The van der Waals surface area contributed by atoms with Crippen molar-refractivity contribution in [3.8, 4) is 0 Å². The van der Waals surface area contributed by atoms with Gasteiger partial charge < -0.3 is 10.6 Å². The van der Waals surface area contributed by atoms with Crippen LogP contribution in [0.4, 0.5) is 11.4 Å². The van der Waals surface area contributed by atoms with E-state index in [0.29, 0.717) is 0 Å². The lowest BCUT2D eigenvalue weighted by molar-refractivity contribution is 0.827. The average molecular weight is 241 g/mol. The first kappa shape index (κ1) is 12.4. The molecular weight excluding hydrogens is 222 g/mol. The predicted octanol–water partition coefficient (Wildman–Crippen LogP) is 3.00. The van der Waals surface area contributed by atoms with Gasteiger partial charge in [0.25, 0.3) is 0 Å². The van der Waals surface area contributed by atoms with Gasteiger partial charge in [0.1, 0.15) is 0 Å². The van der Waals surface area contributed by atoms with E-state index in [4.69, 9.17) is 5.73 Å². The van der Waals surface area contributed by atoms with Crippen molar-refractivity contribution in [3.63, 3.8) is 0 Å². The molecule has 0 atom stereocenters. The first-order valence-electron chi connectivity index (χ1n) is 6.20. The largest absolute Gasteiger partial charge is 0.399 e. The van der Waals surface area contributed by atoms with Crippen molar-refractivity contribution in [3.05, 3.63) is 53.9 Å². The molecule has 2 rings (SSSR count). The summed E-state index contributed by atoms with van der Waals surface area (Å²) in [5.41, 5.74) is 10.2. The molecule has 18 heavy (non-hydrogen) atoms. The van der Waals surface area contributed by atoms with E-state index in [-0.39, 0.29) is 0 Å². The topological polar surface area (TPSA) is 42.2 Å². The third kappa shape index (κ3) is 3.00. The number of hydrogen-bond acceptors (Lipinski definition) is 3. The zero-order valence-corrected chi connectivity index (χ0v) is 10.9. The van der Waals surface area contributed by atoms with Crippen molar-refractivity contribution < 1.29 is 0 Å². The fourth-order valence-corrected chi connectivity index (χ4v) is 2.03. The number of nitrogen functional groups attached to an aromatic ring is 1. The van der Waals surface area contributed by atoms with Gasteiger partial charge in [-0.3, -0.25) is 4.98 Å². The summed E-state index contributed by atoms with van der Waals surface area (Å²) in [6.07, 6.45) is 3.79. The maximum absolute atomic E-state index is 5.83. The lowest BCUT2D eigenvalue weighted by Gasteiger charge is -2.23. The molecule has 2 aromatic rings. The number of aryl methyl sites for hydroxylation is 1. The van der Waals surface area contributed by atoms with E-state index in [1.807, 2.05) is 30.6 Å². The number of rotatable bonds is 4. The lowest BCUT2D eigenvalue weighted by atomic mass is 10.2. The monoisotopic (exact) mass is 241 g/mol. The van der Waals surface area contributed by atoms with Crippen LogP contribution in [0.2, 0.25) is 0 Å². The minimum Gasteiger partial charge on any atom is -0.399 e. The Labute approximate surface area is 108 Å². The van der Waals surface area contributed by atoms with E-state index in [1.54, 1.807) is 0 Å². The average Bonchev–Trinajstić information content (AvgIpc) is 2.36. The molecule has 2 N–H and O–H groups in total. The SMILES string of the molecule is CCN(Cc1cncc(C)c1)c1cccc(N)c1. The molecule has 0 bridgehead atoms. The van der Waals surface area contributed by atoms with Crippen molar-refractivity contribution in [2.75, 3.05) is 17.2 Å². The molecule has 0 radical (unpaired) electrons. The van der Waals surface area contributed by atoms with Crippen molar-refractivity contribution in [2.45, 2.75) is 20.4 Å². The second-order valence-electron chi connectivity index (χ2n) is 4.48. The van der Waals surface area contributed by atoms with Gasteiger partial charge in [-0.25, -0.2) is 0 Å². The third-order valence-corrected chi connectivity index (χ3v) is 2.92. The summed E-state index contributed by atoms with van der Waals surface area (Å²) in [4.78, 5) is 6.52. The van der Waals surface area contributed by atoms with Gasteiger partial charge >= 0.3 is 0 Å². The molecule has 0 saturated heterocycles. The Hall–Kier alpha value is -2.03. The molecule has 1 heterocycles. The zero-order valence-electron chi connectivity index (χ0n) is 10.9. The molecule has 0 saturated carbocycles. The number of hydrogen-bond donors (Lipinski definition) is 1. The van der Waals surface area contributed by atoms with Gasteiger partial charge in [-0.05, 0) is 43.2 Å². The highest BCUT2D eigenvalue weighted by atomic mass is 15.1. The van der Waals surface area contributed by atoms with Gasteiger partial charge in [-0.2, -0.15) is 0 Å². The molecule has 0 aliphatic carbocycles. The van der Waals surface area contributed by atoms with Crippen LogP contribution in [0.25, 0.3) is 0 Å². The highest BCUT2D eigenvalue weighted by Crippen LogP contribution is 2.19. The van der Waals surface area contributed by atoms with E-state index >= 15 is 0 Å². The molecule has 3 heteroatoms. The quantitative estimate of drug-likeness (QED) is 0.837. The lowest BCUT2D eigenvalue weighted by Crippen LogP contribution is -2.22. The van der Waals surface area contributed by atoms with Crippen LogP contribution in [0.3, 0.4) is 0 Å². The number of pyridine rings is 1. The van der Waals surface area contributed by atoms with Gasteiger partial charge in [0, 0.05) is 36.9 Å². The normalized spacial score (nSPS) is 10.3. The summed E-state index contributed by atoms with van der Waals surface area (Å²) in [7, 11) is 0. The van der Waals surface area contributed by atoms with Crippen LogP contribution in [-0.4, -0.2) is 11.5 Å². The fourth-order valence-electron chi connectivity index (χ4n) is 2.03. The number of nitrogens with zero attached hydrogens (tertiary/aromatic N) is 2. The minimum atomic E-state index is 0.799. The van der Waals surface area contributed by atoms with Crippen molar-refractivity contribution in [2.24, 2.45) is 0 Å². The van der Waals surface area contributed by atoms with Crippen molar-refractivity contribution >= 4 is 11.4 Å². The summed E-state index contributed by atoms with van der Waals surface area (Å²) in [5.74, 6) is 0. The standard InChI is InChI=1S/C15H19N3/c1-3-18(15-6-4-5-14(16)8-15)11-13-7-12(2)9-17-10-13/h4-10H,3,11,16H2,1-2H3. The first-order valence-corrected chi connectivity index (χ1v) is 6.20. The van der Waals surface area contributed by atoms with Crippen LogP contribution in [0.15, 0.2) is 42.7 Å². The molecule has 1 aromatic carbocycles. The summed E-state index contributed by atoms with van der Waals surface area (Å²) < 4.78 is 0. The Morgan fingerprint density at radius 1 is 1.22 bits per heavy atom. The van der Waals surface area contributed by atoms with Crippen LogP contribution in [0.1, 0.15) is 18.1 Å². The maximum atomic E-state index is 5.83. The minimum absolute atomic E-state index is 0.799. The molecule has 1 aromatic heterocycles. The number of anilines is 2. The summed E-state index contributed by atoms with van der Waals surface area (Å²) >= 11 is 0.